The maximum Gasteiger partial charge on any atom is 0.123 e. The quantitative estimate of drug-likeness (QED) is 0.652. The summed E-state index contributed by atoms with van der Waals surface area (Å²) in [6.45, 7) is 5.58. The molecule has 0 radical (unpaired) electrons. The van der Waals surface area contributed by atoms with Crippen molar-refractivity contribution in [1.82, 2.24) is 4.90 Å². The van der Waals surface area contributed by atoms with E-state index in [1.165, 1.54) is 57.1 Å². The molecular formula is C25H37FN2O2. The Labute approximate surface area is 180 Å². The minimum absolute atomic E-state index is 0.191. The molecule has 0 aromatic heterocycles. The average Bonchev–Trinajstić information content (AvgIpc) is 2.72. The van der Waals surface area contributed by atoms with Crippen molar-refractivity contribution in [3.63, 3.8) is 0 Å². The van der Waals surface area contributed by atoms with Gasteiger partial charge in [-0.05, 0) is 92.4 Å². The number of piperazine rings is 1. The van der Waals surface area contributed by atoms with Gasteiger partial charge in [0.2, 0.25) is 0 Å². The number of halogens is 1. The molecule has 4 saturated carbocycles. The van der Waals surface area contributed by atoms with E-state index in [-0.39, 0.29) is 5.82 Å². The molecule has 1 saturated heterocycles. The molecule has 0 amide bonds. The van der Waals surface area contributed by atoms with Crippen LogP contribution in [0.5, 0.6) is 0 Å². The van der Waals surface area contributed by atoms with Crippen LogP contribution in [0.1, 0.15) is 44.9 Å². The highest BCUT2D eigenvalue weighted by Crippen LogP contribution is 2.61. The summed E-state index contributed by atoms with van der Waals surface area (Å²) >= 11 is 0. The highest BCUT2D eigenvalue weighted by Gasteiger charge is 2.50. The van der Waals surface area contributed by atoms with E-state index in [0.29, 0.717) is 18.6 Å². The van der Waals surface area contributed by atoms with Gasteiger partial charge in [-0.25, -0.2) is 4.39 Å². The normalized spacial score (nSPS) is 34.5. The topological polar surface area (TPSA) is 35.9 Å². The van der Waals surface area contributed by atoms with Gasteiger partial charge in [0.25, 0.3) is 0 Å². The zero-order chi connectivity index (χ0) is 20.6. The van der Waals surface area contributed by atoms with Crippen molar-refractivity contribution in [1.29, 1.82) is 0 Å². The van der Waals surface area contributed by atoms with Crippen molar-refractivity contribution in [2.24, 2.45) is 23.2 Å². The number of rotatable bonds is 8. The molecule has 1 aliphatic heterocycles. The van der Waals surface area contributed by atoms with E-state index in [9.17, 15) is 9.50 Å². The van der Waals surface area contributed by atoms with E-state index in [0.717, 1.165) is 56.2 Å². The SMILES string of the molecule is O[C@H](COCCC12CC3CC(CC(C3)C1)C2)CN1CCN(c2ccc(F)cc2)CC1. The summed E-state index contributed by atoms with van der Waals surface area (Å²) in [5.74, 6) is 2.80. The Morgan fingerprint density at radius 2 is 1.57 bits per heavy atom. The minimum atomic E-state index is -0.418. The molecule has 30 heavy (non-hydrogen) atoms. The molecule has 0 unspecified atom stereocenters. The third kappa shape index (κ3) is 4.68. The summed E-state index contributed by atoms with van der Waals surface area (Å²) in [5.41, 5.74) is 1.64. The number of aliphatic hydroxyl groups excluding tert-OH is 1. The summed E-state index contributed by atoms with van der Waals surface area (Å²) in [6.07, 6.45) is 9.56. The molecule has 4 aliphatic carbocycles. The van der Waals surface area contributed by atoms with Crippen LogP contribution in [0.2, 0.25) is 0 Å². The number of β-amino-alcohol motifs (C(OH)–C–C–N with tert-alkyl or cyclic N) is 1. The Morgan fingerprint density at radius 3 is 2.17 bits per heavy atom. The molecule has 5 heteroatoms. The average molecular weight is 417 g/mol. The Kier molecular flexibility index (Phi) is 6.05. The number of anilines is 1. The fraction of sp³-hybridized carbons (Fsp3) is 0.760. The van der Waals surface area contributed by atoms with Crippen LogP contribution in [0.4, 0.5) is 10.1 Å². The number of hydrogen-bond acceptors (Lipinski definition) is 4. The molecule has 4 bridgehead atoms. The van der Waals surface area contributed by atoms with Gasteiger partial charge in [-0.3, -0.25) is 4.90 Å². The fourth-order valence-electron chi connectivity index (χ4n) is 7.30. The first-order valence-corrected chi connectivity index (χ1v) is 12.1. The number of hydrogen-bond donors (Lipinski definition) is 1. The first-order valence-electron chi connectivity index (χ1n) is 12.1. The maximum absolute atomic E-state index is 13.1. The van der Waals surface area contributed by atoms with Gasteiger partial charge < -0.3 is 14.7 Å². The first-order chi connectivity index (χ1) is 14.6. The molecule has 4 nitrogen and oxygen atoms in total. The zero-order valence-electron chi connectivity index (χ0n) is 18.1. The first kappa shape index (κ1) is 20.7. The van der Waals surface area contributed by atoms with Crippen LogP contribution in [0.3, 0.4) is 0 Å². The zero-order valence-corrected chi connectivity index (χ0v) is 18.1. The lowest BCUT2D eigenvalue weighted by Gasteiger charge is -2.57. The monoisotopic (exact) mass is 416 g/mol. The van der Waals surface area contributed by atoms with Gasteiger partial charge in [0.1, 0.15) is 5.82 Å². The van der Waals surface area contributed by atoms with Crippen LogP contribution in [-0.4, -0.2) is 62.0 Å². The van der Waals surface area contributed by atoms with E-state index in [1.807, 2.05) is 12.1 Å². The number of nitrogens with zero attached hydrogens (tertiary/aromatic N) is 2. The van der Waals surface area contributed by atoms with Crippen LogP contribution < -0.4 is 4.90 Å². The molecule has 166 valence electrons. The summed E-state index contributed by atoms with van der Waals surface area (Å²) in [6, 6.07) is 6.73. The number of aliphatic hydroxyl groups is 1. The molecule has 1 aromatic carbocycles. The second kappa shape index (κ2) is 8.76. The standard InChI is InChI=1S/C25H37FN2O2/c26-22-1-3-23(4-2-22)28-8-6-27(7-9-28)17-24(29)18-30-10-5-25-14-19-11-20(15-25)13-21(12-19)16-25/h1-4,19-21,24,29H,5-18H2/t19?,20?,21?,24-,25?/m0/s1. The molecule has 5 aliphatic rings. The summed E-state index contributed by atoms with van der Waals surface area (Å²) < 4.78 is 19.1. The molecular weight excluding hydrogens is 379 g/mol. The van der Waals surface area contributed by atoms with Gasteiger partial charge in [0, 0.05) is 45.0 Å². The lowest BCUT2D eigenvalue weighted by atomic mass is 9.49. The van der Waals surface area contributed by atoms with Crippen molar-refractivity contribution in [3.8, 4) is 0 Å². The highest BCUT2D eigenvalue weighted by atomic mass is 19.1. The predicted octanol–water partition coefficient (Wildman–Crippen LogP) is 3.93. The third-order valence-corrected chi connectivity index (χ3v) is 8.29. The molecule has 1 heterocycles. The Bertz CT molecular complexity index is 666. The number of ether oxygens (including phenoxy) is 1. The van der Waals surface area contributed by atoms with E-state index >= 15 is 0 Å². The van der Waals surface area contributed by atoms with Crippen LogP contribution in [0, 0.1) is 29.0 Å². The van der Waals surface area contributed by atoms with Crippen LogP contribution in [0.15, 0.2) is 24.3 Å². The molecule has 0 spiro atoms. The van der Waals surface area contributed by atoms with Crippen molar-refractivity contribution >= 4 is 5.69 Å². The lowest BCUT2D eigenvalue weighted by Crippen LogP contribution is -2.49. The van der Waals surface area contributed by atoms with Crippen LogP contribution >= 0.6 is 0 Å². The Morgan fingerprint density at radius 1 is 0.967 bits per heavy atom. The fourth-order valence-corrected chi connectivity index (χ4v) is 7.30. The smallest absolute Gasteiger partial charge is 0.123 e. The predicted molar refractivity (Wildman–Crippen MR) is 117 cm³/mol. The Balaban J connectivity index is 0.995. The van der Waals surface area contributed by atoms with Crippen molar-refractivity contribution in [2.75, 3.05) is 50.8 Å². The summed E-state index contributed by atoms with van der Waals surface area (Å²) in [7, 11) is 0. The van der Waals surface area contributed by atoms with Crippen molar-refractivity contribution < 1.29 is 14.2 Å². The van der Waals surface area contributed by atoms with Crippen LogP contribution in [0.25, 0.3) is 0 Å². The van der Waals surface area contributed by atoms with E-state index < -0.39 is 6.10 Å². The molecule has 5 fully saturated rings. The van der Waals surface area contributed by atoms with Gasteiger partial charge in [0.15, 0.2) is 0 Å². The minimum Gasteiger partial charge on any atom is -0.389 e. The second-order valence-electron chi connectivity index (χ2n) is 10.7. The third-order valence-electron chi connectivity index (χ3n) is 8.29. The van der Waals surface area contributed by atoms with Gasteiger partial charge in [0.05, 0.1) is 12.7 Å². The van der Waals surface area contributed by atoms with E-state index in [2.05, 4.69) is 9.80 Å². The van der Waals surface area contributed by atoms with Gasteiger partial charge in [-0.15, -0.1) is 0 Å². The summed E-state index contributed by atoms with van der Waals surface area (Å²) in [4.78, 5) is 4.59. The molecule has 1 aromatic rings. The van der Waals surface area contributed by atoms with Gasteiger partial charge in [-0.1, -0.05) is 0 Å². The molecule has 1 N–H and O–H groups in total. The summed E-state index contributed by atoms with van der Waals surface area (Å²) in [5, 5.41) is 10.5. The van der Waals surface area contributed by atoms with E-state index in [4.69, 9.17) is 4.74 Å². The molecule has 1 atom stereocenters. The maximum atomic E-state index is 13.1. The largest absolute Gasteiger partial charge is 0.389 e. The lowest BCUT2D eigenvalue weighted by molar-refractivity contribution is -0.0741. The molecule has 6 rings (SSSR count). The Hall–Kier alpha value is -1.17. The van der Waals surface area contributed by atoms with E-state index in [1.54, 1.807) is 0 Å². The highest BCUT2D eigenvalue weighted by molar-refractivity contribution is 5.46. The van der Waals surface area contributed by atoms with Crippen molar-refractivity contribution in [3.05, 3.63) is 30.1 Å². The number of benzene rings is 1. The van der Waals surface area contributed by atoms with Gasteiger partial charge in [-0.2, -0.15) is 0 Å². The van der Waals surface area contributed by atoms with Crippen molar-refractivity contribution in [2.45, 2.75) is 51.0 Å². The van der Waals surface area contributed by atoms with Gasteiger partial charge >= 0.3 is 0 Å². The second-order valence-corrected chi connectivity index (χ2v) is 10.7. The van der Waals surface area contributed by atoms with Crippen LogP contribution in [-0.2, 0) is 4.74 Å².